The molecule has 0 bridgehead atoms. The minimum Gasteiger partial charge on any atom is -0.458 e. The van der Waals surface area contributed by atoms with E-state index in [-0.39, 0.29) is 11.7 Å². The van der Waals surface area contributed by atoms with Crippen LogP contribution in [0, 0.1) is 18.7 Å². The average molecular weight is 250 g/mol. The lowest BCUT2D eigenvalue weighted by Gasteiger charge is -2.28. The Labute approximate surface area is 107 Å². The first kappa shape index (κ1) is 13.1. The molecule has 1 fully saturated rings. The SMILES string of the molecule is Cc1cccc(C(=O)OC2CCCCC2C)c1F. The van der Waals surface area contributed by atoms with E-state index in [1.165, 1.54) is 12.5 Å². The van der Waals surface area contributed by atoms with E-state index >= 15 is 0 Å². The third-order valence-electron chi connectivity index (χ3n) is 3.70. The number of rotatable bonds is 2. The molecule has 18 heavy (non-hydrogen) atoms. The Morgan fingerprint density at radius 1 is 1.33 bits per heavy atom. The van der Waals surface area contributed by atoms with Crippen molar-refractivity contribution >= 4 is 5.97 Å². The number of halogens is 1. The Bertz CT molecular complexity index is 442. The number of esters is 1. The van der Waals surface area contributed by atoms with Crippen LogP contribution in [0.15, 0.2) is 18.2 Å². The number of aryl methyl sites for hydroxylation is 1. The molecule has 2 atom stereocenters. The third kappa shape index (κ3) is 2.71. The molecule has 2 rings (SSSR count). The van der Waals surface area contributed by atoms with Gasteiger partial charge in [-0.3, -0.25) is 0 Å². The summed E-state index contributed by atoms with van der Waals surface area (Å²) in [5, 5.41) is 0. The second-order valence-electron chi connectivity index (χ2n) is 5.14. The maximum absolute atomic E-state index is 13.8. The number of benzene rings is 1. The fraction of sp³-hybridized carbons (Fsp3) is 0.533. The fourth-order valence-corrected chi connectivity index (χ4v) is 2.46. The van der Waals surface area contributed by atoms with Gasteiger partial charge in [0.05, 0.1) is 5.56 Å². The first-order valence-electron chi connectivity index (χ1n) is 6.55. The third-order valence-corrected chi connectivity index (χ3v) is 3.70. The van der Waals surface area contributed by atoms with Crippen molar-refractivity contribution in [3.8, 4) is 0 Å². The van der Waals surface area contributed by atoms with Gasteiger partial charge in [-0.05, 0) is 43.7 Å². The van der Waals surface area contributed by atoms with Crippen LogP contribution in [0.3, 0.4) is 0 Å². The summed E-state index contributed by atoms with van der Waals surface area (Å²) in [6.07, 6.45) is 4.17. The summed E-state index contributed by atoms with van der Waals surface area (Å²) < 4.78 is 19.2. The maximum Gasteiger partial charge on any atom is 0.341 e. The monoisotopic (exact) mass is 250 g/mol. The number of hydrogen-bond acceptors (Lipinski definition) is 2. The fourth-order valence-electron chi connectivity index (χ4n) is 2.46. The summed E-state index contributed by atoms with van der Waals surface area (Å²) in [6.45, 7) is 3.74. The van der Waals surface area contributed by atoms with Crippen molar-refractivity contribution in [3.05, 3.63) is 35.1 Å². The number of hydrogen-bond donors (Lipinski definition) is 0. The maximum atomic E-state index is 13.8. The van der Waals surface area contributed by atoms with Gasteiger partial charge in [0.1, 0.15) is 11.9 Å². The van der Waals surface area contributed by atoms with Gasteiger partial charge in [-0.1, -0.05) is 25.5 Å². The molecule has 0 heterocycles. The molecule has 0 aromatic heterocycles. The standard InChI is InChI=1S/C15H19FO2/c1-10-6-3-4-9-13(10)18-15(17)12-8-5-7-11(2)14(12)16/h5,7-8,10,13H,3-4,6,9H2,1-2H3. The van der Waals surface area contributed by atoms with Crippen LogP contribution >= 0.6 is 0 Å². The minimum absolute atomic E-state index is 0.0489. The van der Waals surface area contributed by atoms with Crippen molar-refractivity contribution in [3.63, 3.8) is 0 Å². The van der Waals surface area contributed by atoms with Crippen LogP contribution in [0.5, 0.6) is 0 Å². The molecule has 0 aliphatic heterocycles. The number of ether oxygens (including phenoxy) is 1. The predicted octanol–water partition coefficient (Wildman–Crippen LogP) is 3.87. The molecule has 2 unspecified atom stereocenters. The lowest BCUT2D eigenvalue weighted by molar-refractivity contribution is 0.00435. The largest absolute Gasteiger partial charge is 0.458 e. The van der Waals surface area contributed by atoms with Gasteiger partial charge >= 0.3 is 5.97 Å². The van der Waals surface area contributed by atoms with Gasteiger partial charge in [0, 0.05) is 0 Å². The van der Waals surface area contributed by atoms with Gasteiger partial charge in [-0.2, -0.15) is 0 Å². The van der Waals surface area contributed by atoms with Crippen LogP contribution in [0.2, 0.25) is 0 Å². The normalized spacial score (nSPS) is 23.7. The van der Waals surface area contributed by atoms with Crippen LogP contribution in [-0.4, -0.2) is 12.1 Å². The van der Waals surface area contributed by atoms with E-state index in [2.05, 4.69) is 6.92 Å². The zero-order valence-electron chi connectivity index (χ0n) is 10.9. The van der Waals surface area contributed by atoms with Crippen LogP contribution in [0.25, 0.3) is 0 Å². The Kier molecular flexibility index (Phi) is 4.00. The predicted molar refractivity (Wildman–Crippen MR) is 68.0 cm³/mol. The summed E-state index contributed by atoms with van der Waals surface area (Å²) in [5.41, 5.74) is 0.522. The molecular weight excluding hydrogens is 231 g/mol. The Balaban J connectivity index is 2.09. The smallest absolute Gasteiger partial charge is 0.341 e. The van der Waals surface area contributed by atoms with Gasteiger partial charge < -0.3 is 4.74 Å². The van der Waals surface area contributed by atoms with Gasteiger partial charge in [-0.25, -0.2) is 9.18 Å². The van der Waals surface area contributed by atoms with E-state index in [9.17, 15) is 9.18 Å². The molecule has 1 aliphatic rings. The Morgan fingerprint density at radius 3 is 2.78 bits per heavy atom. The van der Waals surface area contributed by atoms with Crippen LogP contribution < -0.4 is 0 Å². The second kappa shape index (κ2) is 5.51. The van der Waals surface area contributed by atoms with E-state index in [1.807, 2.05) is 0 Å². The number of carbonyl (C=O) groups is 1. The van der Waals surface area contributed by atoms with Crippen LogP contribution in [-0.2, 0) is 4.74 Å². The molecule has 0 saturated heterocycles. The molecule has 0 spiro atoms. The van der Waals surface area contributed by atoms with Crippen molar-refractivity contribution in [2.45, 2.75) is 45.6 Å². The second-order valence-corrected chi connectivity index (χ2v) is 5.14. The Morgan fingerprint density at radius 2 is 2.06 bits per heavy atom. The summed E-state index contributed by atoms with van der Waals surface area (Å²) in [5.74, 6) is -0.628. The molecule has 0 amide bonds. The molecule has 98 valence electrons. The molecule has 0 N–H and O–H groups in total. The van der Waals surface area contributed by atoms with E-state index in [0.29, 0.717) is 11.5 Å². The van der Waals surface area contributed by atoms with E-state index in [1.54, 1.807) is 19.1 Å². The van der Waals surface area contributed by atoms with Crippen molar-refractivity contribution in [1.82, 2.24) is 0 Å². The quantitative estimate of drug-likeness (QED) is 0.745. The van der Waals surface area contributed by atoms with Crippen LogP contribution in [0.4, 0.5) is 4.39 Å². The van der Waals surface area contributed by atoms with E-state index < -0.39 is 11.8 Å². The molecule has 1 aromatic rings. The Hall–Kier alpha value is -1.38. The average Bonchev–Trinajstić information content (AvgIpc) is 2.35. The zero-order chi connectivity index (χ0) is 13.1. The highest BCUT2D eigenvalue weighted by atomic mass is 19.1. The van der Waals surface area contributed by atoms with Gasteiger partial charge in [0.15, 0.2) is 0 Å². The van der Waals surface area contributed by atoms with E-state index in [0.717, 1.165) is 19.3 Å². The summed E-state index contributed by atoms with van der Waals surface area (Å²) in [7, 11) is 0. The molecule has 1 aliphatic carbocycles. The first-order chi connectivity index (χ1) is 8.59. The molecule has 0 radical (unpaired) electrons. The molecular formula is C15H19FO2. The van der Waals surface area contributed by atoms with Gasteiger partial charge in [0.2, 0.25) is 0 Å². The van der Waals surface area contributed by atoms with Gasteiger partial charge in [-0.15, -0.1) is 0 Å². The molecule has 3 heteroatoms. The minimum atomic E-state index is -0.532. The highest BCUT2D eigenvalue weighted by Crippen LogP contribution is 2.27. The van der Waals surface area contributed by atoms with Gasteiger partial charge in [0.25, 0.3) is 0 Å². The van der Waals surface area contributed by atoms with E-state index in [4.69, 9.17) is 4.74 Å². The zero-order valence-corrected chi connectivity index (χ0v) is 10.9. The first-order valence-corrected chi connectivity index (χ1v) is 6.55. The highest BCUT2D eigenvalue weighted by Gasteiger charge is 2.26. The van der Waals surface area contributed by atoms with Crippen molar-refractivity contribution in [2.75, 3.05) is 0 Å². The lowest BCUT2D eigenvalue weighted by atomic mass is 9.88. The molecule has 1 aromatic carbocycles. The highest BCUT2D eigenvalue weighted by molar-refractivity contribution is 5.90. The lowest BCUT2D eigenvalue weighted by Crippen LogP contribution is -2.28. The number of carbonyl (C=O) groups excluding carboxylic acids is 1. The summed E-state index contributed by atoms with van der Waals surface area (Å²) >= 11 is 0. The van der Waals surface area contributed by atoms with Crippen LogP contribution in [0.1, 0.15) is 48.5 Å². The summed E-state index contributed by atoms with van der Waals surface area (Å²) in [4.78, 5) is 12.0. The van der Waals surface area contributed by atoms with Crippen molar-refractivity contribution < 1.29 is 13.9 Å². The molecule has 1 saturated carbocycles. The van der Waals surface area contributed by atoms with Crippen molar-refractivity contribution in [2.24, 2.45) is 5.92 Å². The molecule has 2 nitrogen and oxygen atoms in total. The summed E-state index contributed by atoms with van der Waals surface area (Å²) in [6, 6.07) is 4.81. The van der Waals surface area contributed by atoms with Crippen molar-refractivity contribution in [1.29, 1.82) is 0 Å². The topological polar surface area (TPSA) is 26.3 Å².